The number of thioether (sulfide) groups is 1. The first-order chi connectivity index (χ1) is 12.0. The van der Waals surface area contributed by atoms with Crippen molar-refractivity contribution in [3.8, 4) is 17.2 Å². The van der Waals surface area contributed by atoms with E-state index in [0.29, 0.717) is 22.9 Å². The van der Waals surface area contributed by atoms with Crippen molar-refractivity contribution in [1.82, 2.24) is 0 Å². The molecule has 2 rings (SSSR count). The number of aryl methyl sites for hydroxylation is 1. The van der Waals surface area contributed by atoms with Crippen LogP contribution in [0.2, 0.25) is 0 Å². The van der Waals surface area contributed by atoms with Crippen molar-refractivity contribution >= 4 is 23.4 Å². The summed E-state index contributed by atoms with van der Waals surface area (Å²) < 4.78 is 15.8. The zero-order valence-electron chi connectivity index (χ0n) is 15.1. The van der Waals surface area contributed by atoms with E-state index in [1.54, 1.807) is 21.3 Å². The summed E-state index contributed by atoms with van der Waals surface area (Å²) in [6.07, 6.45) is 0. The van der Waals surface area contributed by atoms with Crippen LogP contribution in [0.1, 0.15) is 12.5 Å². The first kappa shape index (κ1) is 19.0. The average molecular weight is 361 g/mol. The zero-order valence-corrected chi connectivity index (χ0v) is 15.9. The van der Waals surface area contributed by atoms with Crippen LogP contribution in [-0.2, 0) is 4.79 Å². The average Bonchev–Trinajstić information content (AvgIpc) is 2.61. The molecule has 2 aromatic carbocycles. The van der Waals surface area contributed by atoms with Crippen LogP contribution in [-0.4, -0.2) is 32.5 Å². The maximum absolute atomic E-state index is 12.5. The Morgan fingerprint density at radius 2 is 1.60 bits per heavy atom. The third-order valence-electron chi connectivity index (χ3n) is 3.65. The summed E-state index contributed by atoms with van der Waals surface area (Å²) >= 11 is 1.45. The Morgan fingerprint density at radius 3 is 2.24 bits per heavy atom. The van der Waals surface area contributed by atoms with Gasteiger partial charge in [0.1, 0.15) is 5.75 Å². The van der Waals surface area contributed by atoms with Crippen molar-refractivity contribution in [2.75, 3.05) is 26.6 Å². The number of rotatable bonds is 7. The Kier molecular flexibility index (Phi) is 6.58. The highest BCUT2D eigenvalue weighted by atomic mass is 32.2. The molecular formula is C19H23NO4S. The van der Waals surface area contributed by atoms with Crippen LogP contribution >= 0.6 is 11.8 Å². The summed E-state index contributed by atoms with van der Waals surface area (Å²) in [4.78, 5) is 13.5. The molecule has 0 aliphatic carbocycles. The van der Waals surface area contributed by atoms with E-state index in [1.165, 1.54) is 11.8 Å². The molecule has 0 heterocycles. The molecule has 0 radical (unpaired) electrons. The van der Waals surface area contributed by atoms with Crippen molar-refractivity contribution in [3.63, 3.8) is 0 Å². The highest BCUT2D eigenvalue weighted by Crippen LogP contribution is 2.34. The second-order valence-electron chi connectivity index (χ2n) is 5.47. The summed E-state index contributed by atoms with van der Waals surface area (Å²) in [5.74, 6) is 1.85. The lowest BCUT2D eigenvalue weighted by atomic mass is 10.2. The van der Waals surface area contributed by atoms with Gasteiger partial charge in [-0.1, -0.05) is 6.07 Å². The predicted molar refractivity (Wildman–Crippen MR) is 101 cm³/mol. The Morgan fingerprint density at radius 1 is 0.960 bits per heavy atom. The second-order valence-corrected chi connectivity index (χ2v) is 6.88. The van der Waals surface area contributed by atoms with Gasteiger partial charge in [-0.25, -0.2) is 0 Å². The number of ether oxygens (including phenoxy) is 3. The number of benzene rings is 2. The number of amides is 1. The smallest absolute Gasteiger partial charge is 0.237 e. The number of carbonyl (C=O) groups is 1. The molecule has 1 amide bonds. The Hall–Kier alpha value is -2.34. The van der Waals surface area contributed by atoms with Gasteiger partial charge in [0, 0.05) is 4.90 Å². The minimum absolute atomic E-state index is 0.0938. The topological polar surface area (TPSA) is 56.8 Å². The van der Waals surface area contributed by atoms with E-state index in [0.717, 1.165) is 10.5 Å². The number of hydrogen-bond donors (Lipinski definition) is 1. The predicted octanol–water partition coefficient (Wildman–Crippen LogP) is 4.14. The minimum atomic E-state index is -0.289. The van der Waals surface area contributed by atoms with Gasteiger partial charge in [-0.15, -0.1) is 11.8 Å². The van der Waals surface area contributed by atoms with Gasteiger partial charge >= 0.3 is 0 Å². The molecule has 0 bridgehead atoms. The standard InChI is InChI=1S/C19H23NO4S/c1-12-6-8-16(22-3)15(10-12)20-19(21)13(2)25-14-7-9-17(23-4)18(11-14)24-5/h6-11,13H,1-5H3,(H,20,21). The van der Waals surface area contributed by atoms with Crippen molar-refractivity contribution in [1.29, 1.82) is 0 Å². The fourth-order valence-electron chi connectivity index (χ4n) is 2.30. The molecule has 2 aromatic rings. The van der Waals surface area contributed by atoms with E-state index in [1.807, 2.05) is 50.2 Å². The van der Waals surface area contributed by atoms with Crippen molar-refractivity contribution in [2.24, 2.45) is 0 Å². The molecule has 134 valence electrons. The van der Waals surface area contributed by atoms with Crippen LogP contribution in [0.25, 0.3) is 0 Å². The summed E-state index contributed by atoms with van der Waals surface area (Å²) in [6.45, 7) is 3.83. The number of anilines is 1. The molecule has 1 unspecified atom stereocenters. The molecule has 0 aliphatic rings. The van der Waals surface area contributed by atoms with Gasteiger partial charge in [-0.3, -0.25) is 4.79 Å². The van der Waals surface area contributed by atoms with E-state index >= 15 is 0 Å². The van der Waals surface area contributed by atoms with Gasteiger partial charge in [0.15, 0.2) is 11.5 Å². The lowest BCUT2D eigenvalue weighted by molar-refractivity contribution is -0.115. The largest absolute Gasteiger partial charge is 0.495 e. The van der Waals surface area contributed by atoms with Crippen LogP contribution in [0.3, 0.4) is 0 Å². The minimum Gasteiger partial charge on any atom is -0.495 e. The molecular weight excluding hydrogens is 338 g/mol. The Balaban J connectivity index is 2.09. The summed E-state index contributed by atoms with van der Waals surface area (Å²) in [7, 11) is 4.77. The van der Waals surface area contributed by atoms with E-state index in [2.05, 4.69) is 5.32 Å². The molecule has 0 aliphatic heterocycles. The van der Waals surface area contributed by atoms with Gasteiger partial charge in [-0.2, -0.15) is 0 Å². The molecule has 0 aromatic heterocycles. The van der Waals surface area contributed by atoms with Crippen molar-refractivity contribution in [2.45, 2.75) is 24.0 Å². The molecule has 0 fully saturated rings. The Bertz CT molecular complexity index is 748. The molecule has 25 heavy (non-hydrogen) atoms. The van der Waals surface area contributed by atoms with Gasteiger partial charge in [0.05, 0.1) is 32.3 Å². The van der Waals surface area contributed by atoms with Crippen LogP contribution < -0.4 is 19.5 Å². The normalized spacial score (nSPS) is 11.6. The van der Waals surface area contributed by atoms with Crippen LogP contribution in [0.5, 0.6) is 17.2 Å². The van der Waals surface area contributed by atoms with Gasteiger partial charge in [-0.05, 0) is 49.7 Å². The van der Waals surface area contributed by atoms with Gasteiger partial charge in [0.25, 0.3) is 0 Å². The second kappa shape index (κ2) is 8.67. The quantitative estimate of drug-likeness (QED) is 0.751. The van der Waals surface area contributed by atoms with E-state index in [-0.39, 0.29) is 11.2 Å². The highest BCUT2D eigenvalue weighted by molar-refractivity contribution is 8.00. The summed E-state index contributed by atoms with van der Waals surface area (Å²) in [5.41, 5.74) is 1.73. The fraction of sp³-hybridized carbons (Fsp3) is 0.316. The van der Waals surface area contributed by atoms with Crippen molar-refractivity contribution in [3.05, 3.63) is 42.0 Å². The monoisotopic (exact) mass is 361 g/mol. The zero-order chi connectivity index (χ0) is 18.4. The lowest BCUT2D eigenvalue weighted by Crippen LogP contribution is -2.22. The fourth-order valence-corrected chi connectivity index (χ4v) is 3.20. The molecule has 0 spiro atoms. The summed E-state index contributed by atoms with van der Waals surface area (Å²) in [5, 5.41) is 2.64. The van der Waals surface area contributed by atoms with Crippen LogP contribution in [0.4, 0.5) is 5.69 Å². The Labute approximate surface area is 152 Å². The molecule has 6 heteroatoms. The third-order valence-corrected chi connectivity index (χ3v) is 4.74. The van der Waals surface area contributed by atoms with Gasteiger partial charge in [0.2, 0.25) is 5.91 Å². The molecule has 1 atom stereocenters. The number of carbonyl (C=O) groups excluding carboxylic acids is 1. The number of methoxy groups -OCH3 is 3. The molecule has 0 saturated carbocycles. The van der Waals surface area contributed by atoms with Crippen LogP contribution in [0, 0.1) is 6.92 Å². The third kappa shape index (κ3) is 4.82. The lowest BCUT2D eigenvalue weighted by Gasteiger charge is -2.15. The molecule has 0 saturated heterocycles. The number of hydrogen-bond acceptors (Lipinski definition) is 5. The first-order valence-electron chi connectivity index (χ1n) is 7.82. The van der Waals surface area contributed by atoms with E-state index < -0.39 is 0 Å². The SMILES string of the molecule is COc1ccc(C)cc1NC(=O)C(C)Sc1ccc(OC)c(OC)c1. The highest BCUT2D eigenvalue weighted by Gasteiger charge is 2.17. The van der Waals surface area contributed by atoms with Crippen molar-refractivity contribution < 1.29 is 19.0 Å². The number of nitrogens with one attached hydrogen (secondary N) is 1. The maximum atomic E-state index is 12.5. The van der Waals surface area contributed by atoms with E-state index in [9.17, 15) is 4.79 Å². The van der Waals surface area contributed by atoms with Gasteiger partial charge < -0.3 is 19.5 Å². The molecule has 1 N–H and O–H groups in total. The molecule has 5 nitrogen and oxygen atoms in total. The summed E-state index contributed by atoms with van der Waals surface area (Å²) in [6, 6.07) is 11.3. The maximum Gasteiger partial charge on any atom is 0.237 e. The first-order valence-corrected chi connectivity index (χ1v) is 8.70. The van der Waals surface area contributed by atoms with E-state index in [4.69, 9.17) is 14.2 Å². The van der Waals surface area contributed by atoms with Crippen LogP contribution in [0.15, 0.2) is 41.3 Å².